The number of fused-ring (bicyclic) bond motifs is 3. The Morgan fingerprint density at radius 3 is 1.90 bits per heavy atom. The van der Waals surface area contributed by atoms with Crippen LogP contribution in [0, 0.1) is 17.3 Å². The number of alkyl halides is 3. The summed E-state index contributed by atoms with van der Waals surface area (Å²) in [5.74, 6) is -1.70. The van der Waals surface area contributed by atoms with Crippen LogP contribution in [-0.2, 0) is 14.2 Å². The van der Waals surface area contributed by atoms with Crippen molar-refractivity contribution < 1.29 is 27.4 Å². The minimum absolute atomic E-state index is 0.0929. The standard InChI is InChI=1S/C15H23F3O3/c1-2-3-11-4-6-12(7-5-11)13-8-19-15(20-9-13,21-10-13)14(16,17)18/h11-12H,2-10H2,1H3. The lowest BCUT2D eigenvalue weighted by molar-refractivity contribution is -0.544. The Hall–Kier alpha value is -0.330. The molecule has 4 aliphatic rings. The van der Waals surface area contributed by atoms with Crippen molar-refractivity contribution in [2.45, 2.75) is 57.6 Å². The molecule has 0 N–H and O–H groups in total. The fourth-order valence-corrected chi connectivity index (χ4v) is 4.04. The zero-order valence-corrected chi connectivity index (χ0v) is 12.4. The van der Waals surface area contributed by atoms with E-state index in [9.17, 15) is 13.2 Å². The molecule has 0 unspecified atom stereocenters. The molecule has 4 fully saturated rings. The fraction of sp³-hybridized carbons (Fsp3) is 1.00. The number of halogens is 3. The molecule has 21 heavy (non-hydrogen) atoms. The molecule has 0 atom stereocenters. The van der Waals surface area contributed by atoms with Crippen molar-refractivity contribution in [3.63, 3.8) is 0 Å². The van der Waals surface area contributed by atoms with Crippen molar-refractivity contribution in [1.82, 2.24) is 0 Å². The monoisotopic (exact) mass is 308 g/mol. The maximum Gasteiger partial charge on any atom is 0.473 e. The van der Waals surface area contributed by atoms with Gasteiger partial charge in [0.15, 0.2) is 0 Å². The molecular formula is C15H23F3O3. The van der Waals surface area contributed by atoms with Crippen LogP contribution in [0.15, 0.2) is 0 Å². The van der Waals surface area contributed by atoms with Crippen molar-refractivity contribution in [1.29, 1.82) is 0 Å². The molecule has 6 heteroatoms. The molecule has 4 rings (SSSR count). The maximum absolute atomic E-state index is 12.9. The van der Waals surface area contributed by atoms with Gasteiger partial charge >= 0.3 is 12.1 Å². The molecule has 2 bridgehead atoms. The van der Waals surface area contributed by atoms with Crippen LogP contribution in [0.4, 0.5) is 13.2 Å². The second-order valence-electron chi connectivity index (χ2n) is 6.79. The van der Waals surface area contributed by atoms with E-state index in [-0.39, 0.29) is 25.2 Å². The molecule has 0 aromatic heterocycles. The van der Waals surface area contributed by atoms with Gasteiger partial charge in [0.1, 0.15) is 0 Å². The second kappa shape index (κ2) is 5.39. The van der Waals surface area contributed by atoms with Gasteiger partial charge in [0, 0.05) is 5.41 Å². The smallest absolute Gasteiger partial charge is 0.319 e. The molecule has 3 heterocycles. The second-order valence-corrected chi connectivity index (χ2v) is 6.79. The van der Waals surface area contributed by atoms with Gasteiger partial charge in [0.05, 0.1) is 19.8 Å². The van der Waals surface area contributed by atoms with Crippen LogP contribution < -0.4 is 0 Å². The van der Waals surface area contributed by atoms with E-state index >= 15 is 0 Å². The molecule has 122 valence electrons. The third-order valence-electron chi connectivity index (χ3n) is 5.41. The number of ether oxygens (including phenoxy) is 3. The van der Waals surface area contributed by atoms with Crippen molar-refractivity contribution in [2.75, 3.05) is 19.8 Å². The van der Waals surface area contributed by atoms with E-state index < -0.39 is 12.1 Å². The molecule has 1 aliphatic carbocycles. The molecule has 0 spiro atoms. The predicted octanol–water partition coefficient (Wildman–Crippen LogP) is 3.87. The third-order valence-corrected chi connectivity index (χ3v) is 5.41. The van der Waals surface area contributed by atoms with Gasteiger partial charge in [-0.05, 0) is 24.7 Å². The first-order chi connectivity index (χ1) is 9.91. The molecule has 0 amide bonds. The van der Waals surface area contributed by atoms with Crippen molar-refractivity contribution in [3.05, 3.63) is 0 Å². The fourth-order valence-electron chi connectivity index (χ4n) is 4.04. The Morgan fingerprint density at radius 1 is 0.952 bits per heavy atom. The zero-order valence-electron chi connectivity index (χ0n) is 12.4. The molecule has 3 nitrogen and oxygen atoms in total. The maximum atomic E-state index is 12.9. The summed E-state index contributed by atoms with van der Waals surface area (Å²) in [4.78, 5) is 0. The summed E-state index contributed by atoms with van der Waals surface area (Å²) in [5.41, 5.74) is -0.385. The van der Waals surface area contributed by atoms with Crippen molar-refractivity contribution in [2.24, 2.45) is 17.3 Å². The van der Waals surface area contributed by atoms with E-state index in [2.05, 4.69) is 6.92 Å². The molecule has 3 saturated heterocycles. The Kier molecular flexibility index (Phi) is 3.99. The summed E-state index contributed by atoms with van der Waals surface area (Å²) in [5, 5.41) is 0. The van der Waals surface area contributed by atoms with Gasteiger partial charge in [-0.2, -0.15) is 13.2 Å². The van der Waals surface area contributed by atoms with E-state index in [0.717, 1.165) is 31.6 Å². The highest BCUT2D eigenvalue weighted by Gasteiger charge is 2.68. The highest BCUT2D eigenvalue weighted by molar-refractivity contribution is 4.96. The van der Waals surface area contributed by atoms with Gasteiger partial charge in [-0.15, -0.1) is 0 Å². The van der Waals surface area contributed by atoms with Crippen LogP contribution >= 0.6 is 0 Å². The Bertz CT molecular complexity index is 350. The van der Waals surface area contributed by atoms with Crippen LogP contribution in [0.3, 0.4) is 0 Å². The van der Waals surface area contributed by atoms with E-state index in [4.69, 9.17) is 14.2 Å². The first kappa shape index (κ1) is 15.6. The first-order valence-electron chi connectivity index (χ1n) is 7.89. The highest BCUT2D eigenvalue weighted by atomic mass is 19.4. The van der Waals surface area contributed by atoms with Crippen LogP contribution in [0.2, 0.25) is 0 Å². The van der Waals surface area contributed by atoms with Gasteiger partial charge in [0.2, 0.25) is 0 Å². The lowest BCUT2D eigenvalue weighted by atomic mass is 9.66. The summed E-state index contributed by atoms with van der Waals surface area (Å²) in [6, 6.07) is 0. The molecule has 0 radical (unpaired) electrons. The van der Waals surface area contributed by atoms with Crippen molar-refractivity contribution in [3.8, 4) is 0 Å². The molecule has 0 aromatic carbocycles. The van der Waals surface area contributed by atoms with Gasteiger partial charge in [-0.1, -0.05) is 32.6 Å². The van der Waals surface area contributed by atoms with Crippen LogP contribution in [0.5, 0.6) is 0 Å². The highest BCUT2D eigenvalue weighted by Crippen LogP contribution is 2.52. The Morgan fingerprint density at radius 2 is 1.48 bits per heavy atom. The number of rotatable bonds is 3. The van der Waals surface area contributed by atoms with E-state index in [1.807, 2.05) is 0 Å². The SMILES string of the molecule is CCCC1CCC(C23COC(C(F)(F)F)(OC2)OC3)CC1. The van der Waals surface area contributed by atoms with Crippen LogP contribution in [0.25, 0.3) is 0 Å². The largest absolute Gasteiger partial charge is 0.473 e. The average Bonchev–Trinajstić information content (AvgIpc) is 2.49. The Labute approximate surface area is 123 Å². The minimum Gasteiger partial charge on any atom is -0.319 e. The van der Waals surface area contributed by atoms with Crippen LogP contribution in [-0.4, -0.2) is 32.0 Å². The topological polar surface area (TPSA) is 27.7 Å². The quantitative estimate of drug-likeness (QED) is 0.792. The average molecular weight is 308 g/mol. The third kappa shape index (κ3) is 2.59. The van der Waals surface area contributed by atoms with Crippen LogP contribution in [0.1, 0.15) is 45.4 Å². The normalized spacial score (nSPS) is 44.0. The summed E-state index contributed by atoms with van der Waals surface area (Å²) in [6.07, 6.45) is 2.21. The van der Waals surface area contributed by atoms with Gasteiger partial charge in [-0.25, -0.2) is 0 Å². The summed E-state index contributed by atoms with van der Waals surface area (Å²) in [7, 11) is 0. The lowest BCUT2D eigenvalue weighted by Gasteiger charge is -2.55. The van der Waals surface area contributed by atoms with E-state index in [1.165, 1.54) is 12.8 Å². The summed E-state index contributed by atoms with van der Waals surface area (Å²) in [6.45, 7) is 2.47. The van der Waals surface area contributed by atoms with Gasteiger partial charge in [-0.3, -0.25) is 0 Å². The number of hydrogen-bond donors (Lipinski definition) is 0. The molecule has 3 aliphatic heterocycles. The minimum atomic E-state index is -4.64. The first-order valence-corrected chi connectivity index (χ1v) is 7.89. The van der Waals surface area contributed by atoms with Gasteiger partial charge < -0.3 is 14.2 Å². The van der Waals surface area contributed by atoms with E-state index in [1.54, 1.807) is 0 Å². The molecule has 1 saturated carbocycles. The molecular weight excluding hydrogens is 285 g/mol. The van der Waals surface area contributed by atoms with Crippen molar-refractivity contribution >= 4 is 0 Å². The summed E-state index contributed by atoms with van der Waals surface area (Å²) >= 11 is 0. The lowest BCUT2D eigenvalue weighted by Crippen LogP contribution is -2.67. The zero-order chi connectivity index (χ0) is 15.1. The Balaban J connectivity index is 1.62. The van der Waals surface area contributed by atoms with E-state index in [0.29, 0.717) is 5.92 Å². The van der Waals surface area contributed by atoms with Gasteiger partial charge in [0.25, 0.3) is 0 Å². The predicted molar refractivity (Wildman–Crippen MR) is 69.4 cm³/mol. The molecule has 0 aromatic rings. The summed E-state index contributed by atoms with van der Waals surface area (Å²) < 4.78 is 53.8. The number of hydrogen-bond acceptors (Lipinski definition) is 3.